The summed E-state index contributed by atoms with van der Waals surface area (Å²) >= 11 is 0. The Labute approximate surface area is 156 Å². The summed E-state index contributed by atoms with van der Waals surface area (Å²) in [7, 11) is 1.64. The first-order valence-electron chi connectivity index (χ1n) is 9.89. The Bertz CT molecular complexity index is 631. The second-order valence-corrected chi connectivity index (χ2v) is 7.43. The quantitative estimate of drug-likeness (QED) is 0.904. The predicted octanol–water partition coefficient (Wildman–Crippen LogP) is 2.93. The number of hydrogen-bond acceptors (Lipinski definition) is 3. The van der Waals surface area contributed by atoms with E-state index in [9.17, 15) is 9.59 Å². The van der Waals surface area contributed by atoms with Crippen LogP contribution in [0, 0.1) is 5.92 Å². The van der Waals surface area contributed by atoms with Crippen molar-refractivity contribution in [2.24, 2.45) is 5.92 Å². The summed E-state index contributed by atoms with van der Waals surface area (Å²) in [6.45, 7) is 1.52. The number of ether oxygens (including phenoxy) is 1. The van der Waals surface area contributed by atoms with E-state index in [0.29, 0.717) is 6.42 Å². The van der Waals surface area contributed by atoms with E-state index in [1.807, 2.05) is 29.2 Å². The molecule has 1 saturated heterocycles. The topological polar surface area (TPSA) is 58.6 Å². The molecule has 2 atom stereocenters. The maximum Gasteiger partial charge on any atom is 0.227 e. The van der Waals surface area contributed by atoms with Crippen LogP contribution in [0.25, 0.3) is 0 Å². The van der Waals surface area contributed by atoms with E-state index in [4.69, 9.17) is 4.74 Å². The highest BCUT2D eigenvalue weighted by molar-refractivity contribution is 5.83. The third-order valence-corrected chi connectivity index (χ3v) is 5.65. The van der Waals surface area contributed by atoms with Gasteiger partial charge in [0.05, 0.1) is 19.4 Å². The molecule has 142 valence electrons. The fraction of sp³-hybridized carbons (Fsp3) is 0.619. The molecule has 2 amide bonds. The Morgan fingerprint density at radius 2 is 2.04 bits per heavy atom. The summed E-state index contributed by atoms with van der Waals surface area (Å²) in [5.74, 6) is 0.974. The second kappa shape index (κ2) is 9.06. The molecule has 1 aliphatic carbocycles. The Morgan fingerprint density at radius 1 is 1.19 bits per heavy atom. The van der Waals surface area contributed by atoms with E-state index in [1.54, 1.807) is 7.11 Å². The molecule has 0 bridgehead atoms. The molecule has 26 heavy (non-hydrogen) atoms. The van der Waals surface area contributed by atoms with Gasteiger partial charge in [-0.25, -0.2) is 0 Å². The van der Waals surface area contributed by atoms with Gasteiger partial charge >= 0.3 is 0 Å². The Morgan fingerprint density at radius 3 is 2.88 bits per heavy atom. The predicted molar refractivity (Wildman–Crippen MR) is 101 cm³/mol. The smallest absolute Gasteiger partial charge is 0.227 e. The number of carbonyl (C=O) groups excluding carboxylic acids is 2. The number of fused-ring (bicyclic) bond motifs is 1. The highest BCUT2D eigenvalue weighted by Gasteiger charge is 2.36. The van der Waals surface area contributed by atoms with Gasteiger partial charge in [0.15, 0.2) is 0 Å². The van der Waals surface area contributed by atoms with E-state index in [0.717, 1.165) is 69.3 Å². The SMILES string of the molecule is COc1cccc(CC(=O)N2CCCCCNC(=O)[C@@H]3CCCC[C@@H]32)c1. The molecule has 5 heteroatoms. The van der Waals surface area contributed by atoms with Crippen molar-refractivity contribution in [2.75, 3.05) is 20.2 Å². The van der Waals surface area contributed by atoms with Gasteiger partial charge in [-0.3, -0.25) is 9.59 Å². The maximum absolute atomic E-state index is 13.1. The molecular formula is C21H30N2O3. The number of nitrogens with one attached hydrogen (secondary N) is 1. The summed E-state index contributed by atoms with van der Waals surface area (Å²) in [5, 5.41) is 3.08. The standard InChI is InChI=1S/C21H30N2O3/c1-26-17-9-7-8-16(14-17)15-20(24)23-13-6-2-5-12-22-21(25)18-10-3-4-11-19(18)23/h7-9,14,18-19H,2-6,10-13,15H2,1H3,(H,22,25)/t18-,19+/m1/s1. The van der Waals surface area contributed by atoms with Crippen LogP contribution in [-0.4, -0.2) is 43.0 Å². The Kier molecular flexibility index (Phi) is 6.53. The Hall–Kier alpha value is -2.04. The molecule has 3 rings (SSSR count). The monoisotopic (exact) mass is 358 g/mol. The van der Waals surface area contributed by atoms with E-state index in [2.05, 4.69) is 5.32 Å². The van der Waals surface area contributed by atoms with Gasteiger partial charge in [0.25, 0.3) is 0 Å². The summed E-state index contributed by atoms with van der Waals surface area (Å²) in [4.78, 5) is 27.8. The normalized spacial score (nSPS) is 24.3. The molecular weight excluding hydrogens is 328 g/mol. The van der Waals surface area contributed by atoms with E-state index in [1.165, 1.54) is 0 Å². The van der Waals surface area contributed by atoms with E-state index < -0.39 is 0 Å². The zero-order chi connectivity index (χ0) is 18.4. The molecule has 0 radical (unpaired) electrons. The fourth-order valence-electron chi connectivity index (χ4n) is 4.25. The highest BCUT2D eigenvalue weighted by Crippen LogP contribution is 2.30. The van der Waals surface area contributed by atoms with Crippen LogP contribution in [0.5, 0.6) is 5.75 Å². The van der Waals surface area contributed by atoms with Crippen molar-refractivity contribution in [3.63, 3.8) is 0 Å². The van der Waals surface area contributed by atoms with Crippen LogP contribution >= 0.6 is 0 Å². The average Bonchev–Trinajstić information content (AvgIpc) is 2.67. The molecule has 1 aromatic rings. The van der Waals surface area contributed by atoms with Crippen LogP contribution < -0.4 is 10.1 Å². The number of hydrogen-bond donors (Lipinski definition) is 1. The van der Waals surface area contributed by atoms with Gasteiger partial charge in [-0.05, 0) is 49.8 Å². The highest BCUT2D eigenvalue weighted by atomic mass is 16.5. The third kappa shape index (κ3) is 4.57. The van der Waals surface area contributed by atoms with Crippen molar-refractivity contribution < 1.29 is 14.3 Å². The first-order valence-corrected chi connectivity index (χ1v) is 9.89. The van der Waals surface area contributed by atoms with E-state index >= 15 is 0 Å². The lowest BCUT2D eigenvalue weighted by Gasteiger charge is -2.40. The number of nitrogens with zero attached hydrogens (tertiary/aromatic N) is 1. The molecule has 2 aliphatic rings. The van der Waals surface area contributed by atoms with Crippen LogP contribution in [0.15, 0.2) is 24.3 Å². The van der Waals surface area contributed by atoms with Crippen LogP contribution in [0.2, 0.25) is 0 Å². The first kappa shape index (κ1) is 18.7. The molecule has 1 aromatic carbocycles. The fourth-order valence-corrected chi connectivity index (χ4v) is 4.25. The minimum Gasteiger partial charge on any atom is -0.497 e. The summed E-state index contributed by atoms with van der Waals surface area (Å²) < 4.78 is 5.27. The zero-order valence-electron chi connectivity index (χ0n) is 15.7. The number of amides is 2. The molecule has 2 fully saturated rings. The summed E-state index contributed by atoms with van der Waals surface area (Å²) in [5.41, 5.74) is 0.961. The Balaban J connectivity index is 1.78. The van der Waals surface area contributed by atoms with Gasteiger partial charge in [-0.15, -0.1) is 0 Å². The zero-order valence-corrected chi connectivity index (χ0v) is 15.7. The largest absolute Gasteiger partial charge is 0.497 e. The molecule has 0 aromatic heterocycles. The summed E-state index contributed by atoms with van der Waals surface area (Å²) in [6.07, 6.45) is 7.39. The van der Waals surface area contributed by atoms with Crippen molar-refractivity contribution in [3.8, 4) is 5.75 Å². The van der Waals surface area contributed by atoms with Crippen molar-refractivity contribution in [3.05, 3.63) is 29.8 Å². The lowest BCUT2D eigenvalue weighted by atomic mass is 9.82. The van der Waals surface area contributed by atoms with Crippen molar-refractivity contribution in [2.45, 2.75) is 57.4 Å². The van der Waals surface area contributed by atoms with Crippen molar-refractivity contribution in [1.82, 2.24) is 10.2 Å². The molecule has 0 unspecified atom stereocenters. The average molecular weight is 358 g/mol. The van der Waals surface area contributed by atoms with E-state index in [-0.39, 0.29) is 23.8 Å². The molecule has 0 spiro atoms. The maximum atomic E-state index is 13.1. The van der Waals surface area contributed by atoms with Gasteiger partial charge in [0.2, 0.25) is 11.8 Å². The number of carbonyl (C=O) groups is 2. The van der Waals surface area contributed by atoms with Gasteiger partial charge in [0, 0.05) is 19.1 Å². The first-order chi connectivity index (χ1) is 12.7. The minimum atomic E-state index is -0.0592. The lowest BCUT2D eigenvalue weighted by Crippen LogP contribution is -2.52. The summed E-state index contributed by atoms with van der Waals surface area (Å²) in [6, 6.07) is 7.73. The van der Waals surface area contributed by atoms with Crippen molar-refractivity contribution in [1.29, 1.82) is 0 Å². The molecule has 1 N–H and O–H groups in total. The van der Waals surface area contributed by atoms with Gasteiger partial charge < -0.3 is 15.0 Å². The number of benzene rings is 1. The molecule has 1 saturated carbocycles. The number of rotatable bonds is 3. The lowest BCUT2D eigenvalue weighted by molar-refractivity contribution is -0.138. The third-order valence-electron chi connectivity index (χ3n) is 5.65. The van der Waals surface area contributed by atoms with Gasteiger partial charge in [-0.1, -0.05) is 25.0 Å². The second-order valence-electron chi connectivity index (χ2n) is 7.43. The molecule has 5 nitrogen and oxygen atoms in total. The molecule has 1 aliphatic heterocycles. The van der Waals surface area contributed by atoms with Gasteiger partial charge in [-0.2, -0.15) is 0 Å². The molecule has 1 heterocycles. The minimum absolute atomic E-state index is 0.0416. The van der Waals surface area contributed by atoms with Crippen LogP contribution in [0.1, 0.15) is 50.5 Å². The van der Waals surface area contributed by atoms with Crippen LogP contribution in [-0.2, 0) is 16.0 Å². The van der Waals surface area contributed by atoms with Crippen molar-refractivity contribution >= 4 is 11.8 Å². The van der Waals surface area contributed by atoms with Crippen LogP contribution in [0.4, 0.5) is 0 Å². The van der Waals surface area contributed by atoms with Gasteiger partial charge in [0.1, 0.15) is 5.75 Å². The van der Waals surface area contributed by atoms with Crippen LogP contribution in [0.3, 0.4) is 0 Å². The number of methoxy groups -OCH3 is 1.